The summed E-state index contributed by atoms with van der Waals surface area (Å²) < 4.78 is 48.4. The molecule has 1 amide bonds. The third kappa shape index (κ3) is 6.95. The summed E-state index contributed by atoms with van der Waals surface area (Å²) >= 11 is 6.48. The van der Waals surface area contributed by atoms with Gasteiger partial charge in [-0.3, -0.25) is 9.69 Å². The van der Waals surface area contributed by atoms with Crippen LogP contribution in [-0.2, 0) is 31.3 Å². The maximum atomic E-state index is 13.6. The molecule has 9 nitrogen and oxygen atoms in total. The zero-order valence-corrected chi connectivity index (χ0v) is 31.2. The summed E-state index contributed by atoms with van der Waals surface area (Å²) in [5, 5.41) is -0.0255. The van der Waals surface area contributed by atoms with Crippen molar-refractivity contribution >= 4 is 33.2 Å². The Balaban J connectivity index is 1.30. The van der Waals surface area contributed by atoms with Crippen molar-refractivity contribution in [3.8, 4) is 5.75 Å². The summed E-state index contributed by atoms with van der Waals surface area (Å²) in [5.41, 5.74) is 2.94. The number of halogens is 1. The van der Waals surface area contributed by atoms with E-state index in [4.69, 9.17) is 25.8 Å². The lowest BCUT2D eigenvalue weighted by Gasteiger charge is -2.51. The topological polar surface area (TPSA) is 97.4 Å². The van der Waals surface area contributed by atoms with Crippen molar-refractivity contribution in [2.75, 3.05) is 64.6 Å². The van der Waals surface area contributed by atoms with E-state index >= 15 is 0 Å². The Hall–Kier alpha value is -2.63. The minimum absolute atomic E-state index is 0.212. The van der Waals surface area contributed by atoms with Crippen molar-refractivity contribution in [3.05, 3.63) is 70.3 Å². The molecule has 0 aromatic heterocycles. The number of rotatable bonds is 4. The standard InChI is InChI=1S/C39H52ClN3O6S/c1-27-6-4-15-39(47-3,16-17-42-18-20-48-21-19-42)34-11-8-31(34)24-43-25-38(14-5-7-29-22-32(40)10-12-33(29)38)26-49-36-13-9-30(23-35(36)43)37(44)41-50(45,46)28(27)2/h4,9-10,12-13,15,22-23,27-28,31,34H,5-8,11,14,16-21,24-26H2,1-3H3,(H,41,44)/b15-4+/t27-,28+,31-,34+,38-,39-/m0/s1. The fraction of sp³-hybridized carbons (Fsp3) is 0.615. The minimum atomic E-state index is -3.94. The van der Waals surface area contributed by atoms with Crippen molar-refractivity contribution in [3.63, 3.8) is 0 Å². The van der Waals surface area contributed by atoms with Gasteiger partial charge < -0.3 is 19.1 Å². The lowest BCUT2D eigenvalue weighted by molar-refractivity contribution is -0.0865. The number of amides is 1. The highest BCUT2D eigenvalue weighted by Crippen LogP contribution is 2.50. The van der Waals surface area contributed by atoms with Crippen LogP contribution in [0.2, 0.25) is 5.02 Å². The first kappa shape index (κ1) is 35.8. The van der Waals surface area contributed by atoms with Crippen LogP contribution in [0, 0.1) is 17.8 Å². The van der Waals surface area contributed by atoms with E-state index in [1.165, 1.54) is 11.1 Å². The van der Waals surface area contributed by atoms with Crippen LogP contribution in [-0.4, -0.2) is 89.7 Å². The van der Waals surface area contributed by atoms with Crippen LogP contribution in [0.25, 0.3) is 0 Å². The van der Waals surface area contributed by atoms with Crippen LogP contribution in [0.4, 0.5) is 5.69 Å². The van der Waals surface area contributed by atoms with Crippen LogP contribution < -0.4 is 14.4 Å². The molecule has 2 aromatic carbocycles. The quantitative estimate of drug-likeness (QED) is 0.384. The molecule has 0 radical (unpaired) electrons. The lowest BCUT2D eigenvalue weighted by atomic mass is 9.63. The molecule has 2 aromatic rings. The van der Waals surface area contributed by atoms with Gasteiger partial charge in [-0.1, -0.05) is 36.7 Å². The highest BCUT2D eigenvalue weighted by atomic mass is 35.5. The van der Waals surface area contributed by atoms with Gasteiger partial charge in [0, 0.05) is 55.8 Å². The average molecular weight is 726 g/mol. The molecular formula is C39H52ClN3O6S. The van der Waals surface area contributed by atoms with Gasteiger partial charge in [0.15, 0.2) is 0 Å². The molecule has 50 heavy (non-hydrogen) atoms. The highest BCUT2D eigenvalue weighted by molar-refractivity contribution is 7.90. The number of allylic oxidation sites excluding steroid dienone is 1. The molecule has 1 saturated heterocycles. The molecular weight excluding hydrogens is 674 g/mol. The Kier molecular flexibility index (Phi) is 10.3. The normalized spacial score (nSPS) is 33.6. The second-order valence-electron chi connectivity index (χ2n) is 15.4. The summed E-state index contributed by atoms with van der Waals surface area (Å²) in [7, 11) is -2.11. The molecule has 0 unspecified atom stereocenters. The number of sulfonamides is 1. The predicted octanol–water partition coefficient (Wildman–Crippen LogP) is 5.99. The summed E-state index contributed by atoms with van der Waals surface area (Å²) in [6.45, 7) is 9.86. The van der Waals surface area contributed by atoms with Gasteiger partial charge in [0.1, 0.15) is 5.75 Å². The molecule has 2 bridgehead atoms. The lowest BCUT2D eigenvalue weighted by Crippen LogP contribution is -2.54. The van der Waals surface area contributed by atoms with Gasteiger partial charge in [0.25, 0.3) is 5.91 Å². The van der Waals surface area contributed by atoms with Gasteiger partial charge in [-0.25, -0.2) is 13.1 Å². The van der Waals surface area contributed by atoms with Crippen LogP contribution >= 0.6 is 11.6 Å². The van der Waals surface area contributed by atoms with Crippen LogP contribution in [0.1, 0.15) is 73.9 Å². The number of anilines is 1. The number of carbonyl (C=O) groups excluding carboxylic acids is 1. The molecule has 5 aliphatic rings. The number of hydrogen-bond acceptors (Lipinski definition) is 8. The van der Waals surface area contributed by atoms with Gasteiger partial charge in [0.2, 0.25) is 10.0 Å². The van der Waals surface area contributed by atoms with Gasteiger partial charge in [-0.2, -0.15) is 0 Å². The Morgan fingerprint density at radius 3 is 2.68 bits per heavy atom. The number of carbonyl (C=O) groups is 1. The zero-order chi connectivity index (χ0) is 35.1. The zero-order valence-electron chi connectivity index (χ0n) is 29.7. The van der Waals surface area contributed by atoms with E-state index in [9.17, 15) is 13.2 Å². The fourth-order valence-electron chi connectivity index (χ4n) is 9.10. The van der Waals surface area contributed by atoms with Crippen molar-refractivity contribution in [1.82, 2.24) is 9.62 Å². The molecule has 272 valence electrons. The Morgan fingerprint density at radius 2 is 1.92 bits per heavy atom. The van der Waals surface area contributed by atoms with E-state index in [0.29, 0.717) is 30.3 Å². The smallest absolute Gasteiger partial charge is 0.264 e. The number of benzene rings is 2. The Bertz CT molecular complexity index is 1710. The molecule has 1 saturated carbocycles. The summed E-state index contributed by atoms with van der Waals surface area (Å²) in [6.07, 6.45) is 10.9. The van der Waals surface area contributed by atoms with E-state index < -0.39 is 26.8 Å². The third-order valence-corrected chi connectivity index (χ3v) is 14.7. The molecule has 1 spiro atoms. The van der Waals surface area contributed by atoms with Gasteiger partial charge >= 0.3 is 0 Å². The maximum absolute atomic E-state index is 13.6. The third-order valence-electron chi connectivity index (χ3n) is 12.5. The second kappa shape index (κ2) is 14.4. The van der Waals surface area contributed by atoms with Crippen molar-refractivity contribution in [2.45, 2.75) is 75.1 Å². The molecule has 3 aliphatic heterocycles. The number of methoxy groups -OCH3 is 1. The monoisotopic (exact) mass is 725 g/mol. The largest absolute Gasteiger partial charge is 0.490 e. The first-order valence-corrected chi connectivity index (χ1v) is 20.3. The van der Waals surface area contributed by atoms with Crippen molar-refractivity contribution in [1.29, 1.82) is 0 Å². The first-order chi connectivity index (χ1) is 24.0. The number of ether oxygens (including phenoxy) is 3. The molecule has 2 aliphatic carbocycles. The van der Waals surface area contributed by atoms with Crippen molar-refractivity contribution < 1.29 is 27.4 Å². The fourth-order valence-corrected chi connectivity index (χ4v) is 10.6. The molecule has 1 N–H and O–H groups in total. The molecule has 11 heteroatoms. The first-order valence-electron chi connectivity index (χ1n) is 18.4. The molecule has 2 fully saturated rings. The van der Waals surface area contributed by atoms with Crippen molar-refractivity contribution in [2.24, 2.45) is 17.8 Å². The van der Waals surface area contributed by atoms with Gasteiger partial charge in [0.05, 0.1) is 36.4 Å². The SMILES string of the molecule is CO[C@]1(CCN2CCOCC2)/C=C/C[C@H](C)[C@@H](C)S(=O)(=O)NC(=O)c2ccc3c(c2)N(C[C@@H]2CC[C@H]21)C[C@@]1(CCCc2cc(Cl)ccc21)CO3. The summed E-state index contributed by atoms with van der Waals surface area (Å²) in [6, 6.07) is 11.6. The van der Waals surface area contributed by atoms with E-state index in [-0.39, 0.29) is 17.3 Å². The van der Waals surface area contributed by atoms with E-state index in [2.05, 4.69) is 38.8 Å². The Labute approximate surface area is 302 Å². The maximum Gasteiger partial charge on any atom is 0.264 e. The van der Waals surface area contributed by atoms with Crippen LogP contribution in [0.5, 0.6) is 5.75 Å². The van der Waals surface area contributed by atoms with Crippen LogP contribution in [0.3, 0.4) is 0 Å². The second-order valence-corrected chi connectivity index (χ2v) is 17.9. The van der Waals surface area contributed by atoms with E-state index in [1.54, 1.807) is 13.0 Å². The number of nitrogens with one attached hydrogen (secondary N) is 1. The van der Waals surface area contributed by atoms with Crippen LogP contribution in [0.15, 0.2) is 48.6 Å². The average Bonchev–Trinajstić information content (AvgIpc) is 3.25. The molecule has 6 atom stereocenters. The number of hydrogen-bond donors (Lipinski definition) is 1. The number of fused-ring (bicyclic) bond motifs is 4. The number of aryl methyl sites for hydroxylation is 1. The van der Waals surface area contributed by atoms with E-state index in [1.807, 2.05) is 32.2 Å². The van der Waals surface area contributed by atoms with Gasteiger partial charge in [-0.15, -0.1) is 0 Å². The van der Waals surface area contributed by atoms with E-state index in [0.717, 1.165) is 95.2 Å². The number of nitrogens with zero attached hydrogens (tertiary/aromatic N) is 2. The summed E-state index contributed by atoms with van der Waals surface area (Å²) in [4.78, 5) is 18.5. The summed E-state index contributed by atoms with van der Waals surface area (Å²) in [5.74, 6) is 0.515. The Morgan fingerprint density at radius 1 is 1.10 bits per heavy atom. The highest BCUT2D eigenvalue weighted by Gasteiger charge is 2.49. The minimum Gasteiger partial charge on any atom is -0.490 e. The molecule has 3 heterocycles. The predicted molar refractivity (Wildman–Crippen MR) is 197 cm³/mol. The number of morpholine rings is 1. The molecule has 7 rings (SSSR count). The van der Waals surface area contributed by atoms with Gasteiger partial charge in [-0.05, 0) is 111 Å².